The van der Waals surface area contributed by atoms with Gasteiger partial charge in [0.1, 0.15) is 0 Å². The molecule has 2 aromatic rings. The van der Waals surface area contributed by atoms with E-state index >= 15 is 0 Å². The fourth-order valence-electron chi connectivity index (χ4n) is 1.30. The molecular formula is C10H10N4O2Se. The van der Waals surface area contributed by atoms with Gasteiger partial charge in [0.2, 0.25) is 0 Å². The van der Waals surface area contributed by atoms with E-state index in [1.807, 2.05) is 6.07 Å². The molecule has 0 aliphatic rings. The summed E-state index contributed by atoms with van der Waals surface area (Å²) in [6, 6.07) is 3.59. The Morgan fingerprint density at radius 1 is 1.53 bits per heavy atom. The second-order valence-electron chi connectivity index (χ2n) is 3.48. The first-order valence-electron chi connectivity index (χ1n) is 4.79. The quantitative estimate of drug-likeness (QED) is 0.529. The monoisotopic (exact) mass is 298 g/mol. The molecule has 0 saturated carbocycles. The second-order valence-corrected chi connectivity index (χ2v) is 5.57. The third-order valence-electron chi connectivity index (χ3n) is 1.96. The van der Waals surface area contributed by atoms with Crippen LogP contribution in [0, 0.1) is 0 Å². The van der Waals surface area contributed by atoms with Crippen molar-refractivity contribution >= 4 is 35.9 Å². The van der Waals surface area contributed by atoms with E-state index in [9.17, 15) is 4.79 Å². The maximum absolute atomic E-state index is 11.1. The Morgan fingerprint density at radius 3 is 2.94 bits per heavy atom. The van der Waals surface area contributed by atoms with E-state index < -0.39 is 5.97 Å². The molecule has 88 valence electrons. The zero-order valence-corrected chi connectivity index (χ0v) is 11.0. The molecule has 0 amide bonds. The summed E-state index contributed by atoms with van der Waals surface area (Å²) in [7, 11) is 3.46. The van der Waals surface area contributed by atoms with E-state index in [1.54, 1.807) is 26.4 Å². The van der Waals surface area contributed by atoms with Crippen molar-refractivity contribution in [3.8, 4) is 0 Å². The molecule has 0 saturated heterocycles. The summed E-state index contributed by atoms with van der Waals surface area (Å²) < 4.78 is 1.10. The fourth-order valence-corrected chi connectivity index (χ4v) is 3.22. The first kappa shape index (κ1) is 11.8. The number of pyridine rings is 1. The molecular weight excluding hydrogens is 287 g/mol. The molecule has 0 radical (unpaired) electrons. The van der Waals surface area contributed by atoms with E-state index in [-0.39, 0.29) is 14.5 Å². The summed E-state index contributed by atoms with van der Waals surface area (Å²) in [4.78, 5) is 15.3. The van der Waals surface area contributed by atoms with Crippen molar-refractivity contribution in [2.24, 2.45) is 10.3 Å². The van der Waals surface area contributed by atoms with E-state index in [1.165, 1.54) is 5.01 Å². The van der Waals surface area contributed by atoms with Gasteiger partial charge in [-0.3, -0.25) is 0 Å². The van der Waals surface area contributed by atoms with E-state index in [4.69, 9.17) is 5.11 Å². The minimum atomic E-state index is -0.948. The van der Waals surface area contributed by atoms with Gasteiger partial charge in [-0.25, -0.2) is 0 Å². The van der Waals surface area contributed by atoms with Crippen molar-refractivity contribution in [3.63, 3.8) is 0 Å². The van der Waals surface area contributed by atoms with Crippen LogP contribution in [0.2, 0.25) is 0 Å². The number of aromatic carboxylic acids is 1. The van der Waals surface area contributed by atoms with Crippen LogP contribution in [0.15, 0.2) is 28.7 Å². The number of nitrogens with zero attached hydrogens (tertiary/aromatic N) is 4. The van der Waals surface area contributed by atoms with Crippen LogP contribution in [0.25, 0.3) is 9.78 Å². The first-order valence-corrected chi connectivity index (χ1v) is 6.50. The van der Waals surface area contributed by atoms with Gasteiger partial charge < -0.3 is 0 Å². The Kier molecular flexibility index (Phi) is 3.21. The van der Waals surface area contributed by atoms with Crippen LogP contribution in [0.3, 0.4) is 0 Å². The van der Waals surface area contributed by atoms with Crippen molar-refractivity contribution in [2.45, 2.75) is 0 Å². The van der Waals surface area contributed by atoms with Crippen molar-refractivity contribution in [3.05, 3.63) is 22.8 Å². The summed E-state index contributed by atoms with van der Waals surface area (Å²) in [5, 5.41) is 19.3. The van der Waals surface area contributed by atoms with E-state index in [0.29, 0.717) is 10.1 Å². The SMILES string of the molecule is CN(C)N=Nc1c(C(=O)O)[se]c2ncccc12. The van der Waals surface area contributed by atoms with Crippen LogP contribution in [0.5, 0.6) is 0 Å². The third kappa shape index (κ3) is 2.35. The average Bonchev–Trinajstić information content (AvgIpc) is 2.65. The summed E-state index contributed by atoms with van der Waals surface area (Å²) in [5.41, 5.74) is 0.425. The zero-order chi connectivity index (χ0) is 12.4. The Balaban J connectivity index is 2.64. The molecule has 0 aliphatic carbocycles. The number of hydrogen-bond acceptors (Lipinski definition) is 4. The Bertz CT molecular complexity index is 591. The molecule has 0 fully saturated rings. The molecule has 2 rings (SSSR count). The molecule has 7 heteroatoms. The van der Waals surface area contributed by atoms with Crippen LogP contribution in [-0.2, 0) is 0 Å². The maximum atomic E-state index is 11.1. The van der Waals surface area contributed by atoms with Gasteiger partial charge in [0, 0.05) is 0 Å². The molecule has 0 aromatic carbocycles. The molecule has 1 N–H and O–H groups in total. The van der Waals surface area contributed by atoms with Crippen LogP contribution in [-0.4, -0.2) is 49.7 Å². The van der Waals surface area contributed by atoms with Crippen molar-refractivity contribution < 1.29 is 9.90 Å². The second kappa shape index (κ2) is 4.65. The number of fused-ring (bicyclic) bond motifs is 1. The number of aromatic nitrogens is 1. The van der Waals surface area contributed by atoms with Gasteiger partial charge in [-0.1, -0.05) is 0 Å². The van der Waals surface area contributed by atoms with Gasteiger partial charge in [-0.2, -0.15) is 0 Å². The number of carboxylic acids is 1. The van der Waals surface area contributed by atoms with Crippen LogP contribution in [0.1, 0.15) is 9.23 Å². The summed E-state index contributed by atoms with van der Waals surface area (Å²) in [6.45, 7) is 0. The molecule has 0 atom stereocenters. The van der Waals surface area contributed by atoms with Crippen molar-refractivity contribution in [1.29, 1.82) is 0 Å². The number of hydrogen-bond donors (Lipinski definition) is 1. The van der Waals surface area contributed by atoms with Crippen LogP contribution >= 0.6 is 0 Å². The molecule has 2 heterocycles. The van der Waals surface area contributed by atoms with Gasteiger partial charge in [-0.05, 0) is 0 Å². The van der Waals surface area contributed by atoms with E-state index in [0.717, 1.165) is 9.78 Å². The number of carbonyl (C=O) groups is 1. The molecule has 0 aliphatic heterocycles. The minimum absolute atomic E-state index is 0.302. The molecule has 2 aromatic heterocycles. The molecule has 6 nitrogen and oxygen atoms in total. The van der Waals surface area contributed by atoms with Gasteiger partial charge in [-0.15, -0.1) is 0 Å². The third-order valence-corrected chi connectivity index (χ3v) is 4.25. The molecule has 0 bridgehead atoms. The van der Waals surface area contributed by atoms with Gasteiger partial charge in [0.15, 0.2) is 0 Å². The van der Waals surface area contributed by atoms with Crippen LogP contribution < -0.4 is 0 Å². The summed E-state index contributed by atoms with van der Waals surface area (Å²) >= 11 is -0.302. The summed E-state index contributed by atoms with van der Waals surface area (Å²) in [6.07, 6.45) is 1.66. The normalized spacial score (nSPS) is 11.2. The van der Waals surface area contributed by atoms with Gasteiger partial charge >= 0.3 is 103 Å². The van der Waals surface area contributed by atoms with Crippen LogP contribution in [0.4, 0.5) is 5.69 Å². The molecule has 0 spiro atoms. The summed E-state index contributed by atoms with van der Waals surface area (Å²) in [5.74, 6) is -0.948. The standard InChI is InChI=1S/C10H10N4O2Se/c1-14(2)13-12-7-6-4-3-5-11-9(6)17-8(7)10(15)16/h3-5H,1-2H3,(H,15,16). The predicted octanol–water partition coefficient (Wildman–Crippen LogP) is 1.55. The number of rotatable bonds is 3. The Labute approximate surface area is 103 Å². The molecule has 17 heavy (non-hydrogen) atoms. The Morgan fingerprint density at radius 2 is 2.29 bits per heavy atom. The van der Waals surface area contributed by atoms with E-state index in [2.05, 4.69) is 15.3 Å². The van der Waals surface area contributed by atoms with Gasteiger partial charge in [0.25, 0.3) is 0 Å². The first-order chi connectivity index (χ1) is 8.09. The average molecular weight is 297 g/mol. The zero-order valence-electron chi connectivity index (χ0n) is 9.28. The predicted molar refractivity (Wildman–Crippen MR) is 63.8 cm³/mol. The number of carboxylic acid groups (broad SMARTS) is 1. The topological polar surface area (TPSA) is 78.2 Å². The van der Waals surface area contributed by atoms with Crippen molar-refractivity contribution in [2.75, 3.05) is 14.1 Å². The molecule has 0 unspecified atom stereocenters. The Hall–Kier alpha value is -1.72. The van der Waals surface area contributed by atoms with Crippen molar-refractivity contribution in [1.82, 2.24) is 9.99 Å². The fraction of sp³-hybridized carbons (Fsp3) is 0.200. The van der Waals surface area contributed by atoms with Gasteiger partial charge in [0.05, 0.1) is 0 Å².